The molecule has 2 N–H and O–H groups in total. The lowest BCUT2D eigenvalue weighted by atomic mass is 10.2. The molecule has 0 saturated carbocycles. The van der Waals surface area contributed by atoms with Gasteiger partial charge in [-0.25, -0.2) is 0 Å². The van der Waals surface area contributed by atoms with Crippen LogP contribution in [0, 0.1) is 0 Å². The van der Waals surface area contributed by atoms with Crippen LogP contribution < -0.4 is 24.8 Å². The Kier molecular flexibility index (Phi) is 6.24. The fraction of sp³-hybridized carbons (Fsp3) is 0.294. The number of anilines is 1. The van der Waals surface area contributed by atoms with E-state index in [1.807, 2.05) is 12.1 Å². The largest absolute Gasteiger partial charge is 0.493 e. The predicted molar refractivity (Wildman–Crippen MR) is 90.7 cm³/mol. The van der Waals surface area contributed by atoms with Crippen molar-refractivity contribution >= 4 is 11.6 Å². The molecule has 0 bridgehead atoms. The summed E-state index contributed by atoms with van der Waals surface area (Å²) in [6.45, 7) is 0.558. The molecule has 7 heteroatoms. The third-order valence-electron chi connectivity index (χ3n) is 3.33. The number of hydrogen-bond acceptors (Lipinski definition) is 6. The predicted octanol–water partition coefficient (Wildman–Crippen LogP) is 1.84. The van der Waals surface area contributed by atoms with E-state index < -0.39 is 0 Å². The number of carbonyl (C=O) groups is 1. The fourth-order valence-corrected chi connectivity index (χ4v) is 2.13. The molecule has 0 aliphatic carbocycles. The van der Waals surface area contributed by atoms with Gasteiger partial charge in [-0.15, -0.1) is 0 Å². The molecule has 1 heterocycles. The molecule has 0 atom stereocenters. The van der Waals surface area contributed by atoms with Crippen molar-refractivity contribution in [2.24, 2.45) is 0 Å². The molecule has 0 radical (unpaired) electrons. The fourth-order valence-electron chi connectivity index (χ4n) is 2.13. The van der Waals surface area contributed by atoms with Crippen molar-refractivity contribution in [1.29, 1.82) is 0 Å². The minimum absolute atomic E-state index is 0.124. The lowest BCUT2D eigenvalue weighted by Crippen LogP contribution is -2.29. The van der Waals surface area contributed by atoms with E-state index in [9.17, 15) is 4.79 Å². The van der Waals surface area contributed by atoms with E-state index in [-0.39, 0.29) is 12.5 Å². The van der Waals surface area contributed by atoms with E-state index >= 15 is 0 Å². The van der Waals surface area contributed by atoms with Crippen molar-refractivity contribution in [3.8, 4) is 17.2 Å². The number of amides is 1. The van der Waals surface area contributed by atoms with Crippen LogP contribution in [0.1, 0.15) is 5.56 Å². The van der Waals surface area contributed by atoms with Crippen LogP contribution in [0.3, 0.4) is 0 Å². The summed E-state index contributed by atoms with van der Waals surface area (Å²) in [5.41, 5.74) is 1.64. The van der Waals surface area contributed by atoms with Gasteiger partial charge in [0.2, 0.25) is 11.7 Å². The second kappa shape index (κ2) is 8.61. The number of carbonyl (C=O) groups excluding carboxylic acids is 1. The summed E-state index contributed by atoms with van der Waals surface area (Å²) in [6.07, 6.45) is 3.41. The van der Waals surface area contributed by atoms with E-state index in [4.69, 9.17) is 14.2 Å². The number of nitrogens with zero attached hydrogens (tertiary/aromatic N) is 1. The number of hydrogen-bond donors (Lipinski definition) is 2. The summed E-state index contributed by atoms with van der Waals surface area (Å²) in [6, 6.07) is 7.22. The van der Waals surface area contributed by atoms with Crippen LogP contribution in [-0.2, 0) is 11.3 Å². The van der Waals surface area contributed by atoms with Gasteiger partial charge in [0.15, 0.2) is 11.5 Å². The molecule has 0 saturated heterocycles. The van der Waals surface area contributed by atoms with Crippen LogP contribution in [0.5, 0.6) is 17.2 Å². The maximum Gasteiger partial charge on any atom is 0.239 e. The van der Waals surface area contributed by atoms with Crippen LogP contribution >= 0.6 is 0 Å². The molecule has 7 nitrogen and oxygen atoms in total. The highest BCUT2D eigenvalue weighted by Gasteiger charge is 2.13. The van der Waals surface area contributed by atoms with Crippen LogP contribution in [0.4, 0.5) is 5.69 Å². The quantitative estimate of drug-likeness (QED) is 0.768. The number of pyridine rings is 1. The van der Waals surface area contributed by atoms with E-state index in [1.165, 1.54) is 0 Å². The Morgan fingerprint density at radius 2 is 1.83 bits per heavy atom. The van der Waals surface area contributed by atoms with Crippen molar-refractivity contribution in [2.45, 2.75) is 6.54 Å². The van der Waals surface area contributed by atoms with Crippen LogP contribution in [0.15, 0.2) is 36.7 Å². The van der Waals surface area contributed by atoms with Gasteiger partial charge >= 0.3 is 0 Å². The highest BCUT2D eigenvalue weighted by molar-refractivity contribution is 5.81. The number of nitrogens with one attached hydrogen (secondary N) is 2. The molecule has 2 aromatic rings. The molecule has 0 aliphatic heterocycles. The molecule has 0 aliphatic rings. The first-order chi connectivity index (χ1) is 11.7. The van der Waals surface area contributed by atoms with E-state index in [2.05, 4.69) is 15.6 Å². The first kappa shape index (κ1) is 17.4. The van der Waals surface area contributed by atoms with Crippen LogP contribution in [0.2, 0.25) is 0 Å². The standard InChI is InChI=1S/C17H21N3O4/c1-22-14-7-13(8-15(23-2)17(14)24-3)19-11-16(21)20-10-12-5-4-6-18-9-12/h4-9,19H,10-11H2,1-3H3,(H,20,21). The van der Waals surface area contributed by atoms with E-state index in [0.29, 0.717) is 29.5 Å². The second-order valence-corrected chi connectivity index (χ2v) is 4.91. The summed E-state index contributed by atoms with van der Waals surface area (Å²) in [5.74, 6) is 1.42. The van der Waals surface area contributed by atoms with Gasteiger partial charge < -0.3 is 24.8 Å². The van der Waals surface area contributed by atoms with Gasteiger partial charge in [-0.2, -0.15) is 0 Å². The van der Waals surface area contributed by atoms with Gasteiger partial charge in [-0.1, -0.05) is 6.07 Å². The normalized spacial score (nSPS) is 9.96. The summed E-state index contributed by atoms with van der Waals surface area (Å²) in [7, 11) is 4.63. The Morgan fingerprint density at radius 3 is 2.38 bits per heavy atom. The third-order valence-corrected chi connectivity index (χ3v) is 3.33. The summed E-state index contributed by atoms with van der Waals surface area (Å²) < 4.78 is 15.8. The molecule has 0 fully saturated rings. The first-order valence-corrected chi connectivity index (χ1v) is 7.37. The van der Waals surface area contributed by atoms with E-state index in [0.717, 1.165) is 5.56 Å². The molecular formula is C17H21N3O4. The molecule has 24 heavy (non-hydrogen) atoms. The highest BCUT2D eigenvalue weighted by atomic mass is 16.5. The van der Waals surface area contributed by atoms with Crippen LogP contribution in [-0.4, -0.2) is 38.8 Å². The zero-order chi connectivity index (χ0) is 17.4. The average Bonchev–Trinajstić information content (AvgIpc) is 2.64. The maximum atomic E-state index is 11.9. The zero-order valence-electron chi connectivity index (χ0n) is 14.0. The van der Waals surface area contributed by atoms with E-state index in [1.54, 1.807) is 45.9 Å². The molecule has 0 spiro atoms. The Hall–Kier alpha value is -2.96. The number of methoxy groups -OCH3 is 3. The number of benzene rings is 1. The molecule has 2 rings (SSSR count). The molecule has 1 amide bonds. The molecule has 1 aromatic heterocycles. The van der Waals surface area contributed by atoms with Gasteiger partial charge in [0, 0.05) is 36.8 Å². The van der Waals surface area contributed by atoms with Gasteiger partial charge in [0.25, 0.3) is 0 Å². The lowest BCUT2D eigenvalue weighted by Gasteiger charge is -2.15. The Labute approximate surface area is 140 Å². The number of rotatable bonds is 8. The first-order valence-electron chi connectivity index (χ1n) is 7.37. The summed E-state index contributed by atoms with van der Waals surface area (Å²) in [5, 5.41) is 5.86. The minimum Gasteiger partial charge on any atom is -0.493 e. The molecule has 128 valence electrons. The van der Waals surface area contributed by atoms with Gasteiger partial charge in [-0.05, 0) is 11.6 Å². The van der Waals surface area contributed by atoms with Gasteiger partial charge in [0.05, 0.1) is 27.9 Å². The summed E-state index contributed by atoms with van der Waals surface area (Å²) >= 11 is 0. The highest BCUT2D eigenvalue weighted by Crippen LogP contribution is 2.39. The van der Waals surface area contributed by atoms with Gasteiger partial charge in [-0.3, -0.25) is 9.78 Å². The number of ether oxygens (including phenoxy) is 3. The van der Waals surface area contributed by atoms with Crippen molar-refractivity contribution in [2.75, 3.05) is 33.2 Å². The van der Waals surface area contributed by atoms with Gasteiger partial charge in [0.1, 0.15) is 0 Å². The topological polar surface area (TPSA) is 81.7 Å². The number of aromatic nitrogens is 1. The smallest absolute Gasteiger partial charge is 0.239 e. The molecule has 1 aromatic carbocycles. The van der Waals surface area contributed by atoms with Crippen molar-refractivity contribution in [3.63, 3.8) is 0 Å². The Balaban J connectivity index is 1.94. The van der Waals surface area contributed by atoms with Crippen molar-refractivity contribution in [1.82, 2.24) is 10.3 Å². The Bertz CT molecular complexity index is 652. The zero-order valence-corrected chi connectivity index (χ0v) is 14.0. The van der Waals surface area contributed by atoms with Crippen molar-refractivity contribution in [3.05, 3.63) is 42.2 Å². The third kappa shape index (κ3) is 4.52. The monoisotopic (exact) mass is 331 g/mol. The summed E-state index contributed by atoms with van der Waals surface area (Å²) in [4.78, 5) is 15.9. The second-order valence-electron chi connectivity index (χ2n) is 4.91. The minimum atomic E-state index is -0.132. The van der Waals surface area contributed by atoms with Crippen molar-refractivity contribution < 1.29 is 19.0 Å². The average molecular weight is 331 g/mol. The molecule has 0 unspecified atom stereocenters. The molecular weight excluding hydrogens is 310 g/mol. The Morgan fingerprint density at radius 1 is 1.12 bits per heavy atom. The SMILES string of the molecule is COc1cc(NCC(=O)NCc2cccnc2)cc(OC)c1OC. The lowest BCUT2D eigenvalue weighted by molar-refractivity contribution is -0.119. The maximum absolute atomic E-state index is 11.9. The van der Waals surface area contributed by atoms with Crippen LogP contribution in [0.25, 0.3) is 0 Å².